The lowest BCUT2D eigenvalue weighted by molar-refractivity contribution is 0.102. The first-order chi connectivity index (χ1) is 15.0. The van der Waals surface area contributed by atoms with Gasteiger partial charge in [-0.2, -0.15) is 0 Å². The number of carbonyl (C=O) groups is 1. The second-order valence-electron chi connectivity index (χ2n) is 7.37. The highest BCUT2D eigenvalue weighted by Crippen LogP contribution is 2.26. The van der Waals surface area contributed by atoms with Crippen LogP contribution in [0, 0.1) is 0 Å². The Hall–Kier alpha value is -3.93. The molecule has 4 aromatic rings. The van der Waals surface area contributed by atoms with Crippen LogP contribution in [0.1, 0.15) is 35.7 Å². The number of nitrogens with one attached hydrogen (secondary N) is 1. The zero-order chi connectivity index (χ0) is 21.8. The van der Waals surface area contributed by atoms with Crippen LogP contribution >= 0.6 is 0 Å². The van der Waals surface area contributed by atoms with Crippen LogP contribution in [-0.4, -0.2) is 18.0 Å². The van der Waals surface area contributed by atoms with E-state index in [1.165, 1.54) is 0 Å². The SMILES string of the molecule is COc1cccc2cc(C(=O)Nc3ccccn3)c(=Nc3cccc(C(C)C)c3)oc12. The van der Waals surface area contributed by atoms with Gasteiger partial charge in [-0.1, -0.05) is 44.2 Å². The van der Waals surface area contributed by atoms with Crippen molar-refractivity contribution in [2.75, 3.05) is 12.4 Å². The molecule has 0 bridgehead atoms. The van der Waals surface area contributed by atoms with Crippen molar-refractivity contribution in [3.63, 3.8) is 0 Å². The normalized spacial score (nSPS) is 11.7. The van der Waals surface area contributed by atoms with Gasteiger partial charge in [-0.25, -0.2) is 9.98 Å². The summed E-state index contributed by atoms with van der Waals surface area (Å²) in [5.74, 6) is 1.02. The number of hydrogen-bond donors (Lipinski definition) is 1. The highest BCUT2D eigenvalue weighted by atomic mass is 16.5. The first-order valence-corrected chi connectivity index (χ1v) is 10.0. The van der Waals surface area contributed by atoms with E-state index in [-0.39, 0.29) is 11.5 Å². The fraction of sp³-hybridized carbons (Fsp3) is 0.160. The van der Waals surface area contributed by atoms with E-state index >= 15 is 0 Å². The molecule has 0 atom stereocenters. The number of ether oxygens (including phenoxy) is 1. The summed E-state index contributed by atoms with van der Waals surface area (Å²) in [6.45, 7) is 4.24. The number of nitrogens with zero attached hydrogens (tertiary/aromatic N) is 2. The van der Waals surface area contributed by atoms with E-state index in [0.29, 0.717) is 34.3 Å². The summed E-state index contributed by atoms with van der Waals surface area (Å²) in [4.78, 5) is 21.9. The molecule has 0 unspecified atom stereocenters. The van der Waals surface area contributed by atoms with E-state index in [9.17, 15) is 4.79 Å². The van der Waals surface area contributed by atoms with E-state index in [1.807, 2.05) is 36.4 Å². The number of methoxy groups -OCH3 is 1. The molecule has 0 radical (unpaired) electrons. The molecule has 0 fully saturated rings. The maximum atomic E-state index is 13.1. The molecule has 0 spiro atoms. The standard InChI is InChI=1S/C25H23N3O3/c1-16(2)17-8-6-10-19(14-17)27-25-20(24(29)28-22-12-4-5-13-26-22)15-18-9-7-11-21(30-3)23(18)31-25/h4-16H,1-3H3,(H,26,28,29). The van der Waals surface area contributed by atoms with Crippen LogP contribution < -0.4 is 15.6 Å². The van der Waals surface area contributed by atoms with Gasteiger partial charge in [0.1, 0.15) is 11.4 Å². The zero-order valence-corrected chi connectivity index (χ0v) is 17.6. The summed E-state index contributed by atoms with van der Waals surface area (Å²) in [5, 5.41) is 3.54. The Morgan fingerprint density at radius 3 is 2.65 bits per heavy atom. The average molecular weight is 413 g/mol. The number of aromatic nitrogens is 1. The summed E-state index contributed by atoms with van der Waals surface area (Å²) >= 11 is 0. The van der Waals surface area contributed by atoms with Crippen LogP contribution in [0.25, 0.3) is 11.0 Å². The molecule has 0 saturated carbocycles. The van der Waals surface area contributed by atoms with Gasteiger partial charge in [-0.15, -0.1) is 0 Å². The zero-order valence-electron chi connectivity index (χ0n) is 17.6. The minimum Gasteiger partial charge on any atom is -0.493 e. The van der Waals surface area contributed by atoms with Gasteiger partial charge in [-0.05, 0) is 47.9 Å². The van der Waals surface area contributed by atoms with Gasteiger partial charge in [0, 0.05) is 11.6 Å². The van der Waals surface area contributed by atoms with Gasteiger partial charge in [0.25, 0.3) is 5.91 Å². The van der Waals surface area contributed by atoms with Crippen molar-refractivity contribution in [1.29, 1.82) is 0 Å². The van der Waals surface area contributed by atoms with Crippen LogP contribution in [0.5, 0.6) is 5.75 Å². The highest BCUT2D eigenvalue weighted by Gasteiger charge is 2.15. The van der Waals surface area contributed by atoms with Crippen LogP contribution in [0.4, 0.5) is 11.5 Å². The molecule has 6 nitrogen and oxygen atoms in total. The molecule has 0 aliphatic carbocycles. The molecule has 0 aliphatic heterocycles. The quantitative estimate of drug-likeness (QED) is 0.472. The summed E-state index contributed by atoms with van der Waals surface area (Å²) in [7, 11) is 1.58. The third-order valence-corrected chi connectivity index (χ3v) is 4.88. The highest BCUT2D eigenvalue weighted by molar-refractivity contribution is 6.05. The molecule has 4 rings (SSSR count). The fourth-order valence-electron chi connectivity index (χ4n) is 3.22. The maximum absolute atomic E-state index is 13.1. The van der Waals surface area contributed by atoms with E-state index in [4.69, 9.17) is 9.15 Å². The molecule has 0 saturated heterocycles. The molecule has 0 aliphatic rings. The number of amides is 1. The summed E-state index contributed by atoms with van der Waals surface area (Å²) < 4.78 is 11.5. The Bertz CT molecular complexity index is 1290. The molecular formula is C25H23N3O3. The third kappa shape index (κ3) is 4.48. The van der Waals surface area contributed by atoms with E-state index in [2.05, 4.69) is 35.2 Å². The van der Waals surface area contributed by atoms with Crippen molar-refractivity contribution in [2.45, 2.75) is 19.8 Å². The van der Waals surface area contributed by atoms with Crippen molar-refractivity contribution < 1.29 is 13.9 Å². The molecule has 1 N–H and O–H groups in total. The molecule has 156 valence electrons. The smallest absolute Gasteiger partial charge is 0.262 e. The Labute approximate surface area is 180 Å². The van der Waals surface area contributed by atoms with Crippen molar-refractivity contribution in [3.8, 4) is 5.75 Å². The van der Waals surface area contributed by atoms with Gasteiger partial charge in [-0.3, -0.25) is 4.79 Å². The number of pyridine rings is 1. The lowest BCUT2D eigenvalue weighted by atomic mass is 10.0. The monoisotopic (exact) mass is 413 g/mol. The number of fused-ring (bicyclic) bond motifs is 1. The number of rotatable bonds is 5. The van der Waals surface area contributed by atoms with Crippen molar-refractivity contribution in [3.05, 3.63) is 89.6 Å². The molecule has 2 aromatic carbocycles. The van der Waals surface area contributed by atoms with Crippen LogP contribution in [0.3, 0.4) is 0 Å². The topological polar surface area (TPSA) is 76.7 Å². The Kier molecular flexibility index (Phi) is 5.80. The summed E-state index contributed by atoms with van der Waals surface area (Å²) in [5.41, 5.74) is 2.89. The minimum absolute atomic E-state index is 0.200. The number of para-hydroxylation sites is 1. The predicted molar refractivity (Wildman–Crippen MR) is 121 cm³/mol. The molecular weight excluding hydrogens is 390 g/mol. The van der Waals surface area contributed by atoms with Crippen molar-refractivity contribution in [1.82, 2.24) is 4.98 Å². The molecule has 6 heteroatoms. The Morgan fingerprint density at radius 2 is 1.90 bits per heavy atom. The van der Waals surface area contributed by atoms with Crippen LogP contribution in [0.15, 0.2) is 82.3 Å². The van der Waals surface area contributed by atoms with E-state index in [0.717, 1.165) is 10.9 Å². The number of benzene rings is 2. The first-order valence-electron chi connectivity index (χ1n) is 10.0. The Morgan fingerprint density at radius 1 is 1.06 bits per heavy atom. The summed E-state index contributed by atoms with van der Waals surface area (Å²) in [6, 6.07) is 20.5. The fourth-order valence-corrected chi connectivity index (χ4v) is 3.22. The second kappa shape index (κ2) is 8.83. The minimum atomic E-state index is -0.356. The van der Waals surface area contributed by atoms with Gasteiger partial charge >= 0.3 is 0 Å². The van der Waals surface area contributed by atoms with Gasteiger partial charge in [0.05, 0.1) is 12.8 Å². The van der Waals surface area contributed by atoms with Crippen molar-refractivity contribution >= 4 is 28.4 Å². The number of anilines is 1. The second-order valence-corrected chi connectivity index (χ2v) is 7.37. The molecule has 2 heterocycles. The maximum Gasteiger partial charge on any atom is 0.262 e. The lowest BCUT2D eigenvalue weighted by Gasteiger charge is -2.09. The summed E-state index contributed by atoms with van der Waals surface area (Å²) in [6.07, 6.45) is 1.62. The number of carbonyl (C=O) groups excluding carboxylic acids is 1. The van der Waals surface area contributed by atoms with Gasteiger partial charge < -0.3 is 14.5 Å². The van der Waals surface area contributed by atoms with E-state index in [1.54, 1.807) is 37.6 Å². The van der Waals surface area contributed by atoms with Gasteiger partial charge in [0.15, 0.2) is 11.3 Å². The predicted octanol–water partition coefficient (Wildman–Crippen LogP) is 5.44. The lowest BCUT2D eigenvalue weighted by Crippen LogP contribution is -2.22. The number of hydrogen-bond acceptors (Lipinski definition) is 5. The van der Waals surface area contributed by atoms with Crippen LogP contribution in [-0.2, 0) is 0 Å². The third-order valence-electron chi connectivity index (χ3n) is 4.88. The van der Waals surface area contributed by atoms with Crippen LogP contribution in [0.2, 0.25) is 0 Å². The average Bonchev–Trinajstić information content (AvgIpc) is 2.79. The Balaban J connectivity index is 1.89. The van der Waals surface area contributed by atoms with Crippen molar-refractivity contribution in [2.24, 2.45) is 4.99 Å². The van der Waals surface area contributed by atoms with Gasteiger partial charge in [0.2, 0.25) is 5.55 Å². The largest absolute Gasteiger partial charge is 0.493 e. The molecule has 31 heavy (non-hydrogen) atoms. The van der Waals surface area contributed by atoms with E-state index < -0.39 is 0 Å². The molecule has 1 amide bonds. The first kappa shape index (κ1) is 20.3. The molecule has 2 aromatic heterocycles.